The number of aryl methyl sites for hydroxylation is 1. The van der Waals surface area contributed by atoms with Crippen LogP contribution in [-0.4, -0.2) is 18.4 Å². The highest BCUT2D eigenvalue weighted by atomic mass is 16.2. The molecule has 1 N–H and O–H groups in total. The van der Waals surface area contributed by atoms with E-state index in [1.807, 2.05) is 24.3 Å². The van der Waals surface area contributed by atoms with Crippen LogP contribution in [0.4, 0.5) is 11.4 Å². The summed E-state index contributed by atoms with van der Waals surface area (Å²) >= 11 is 0. The highest BCUT2D eigenvalue weighted by Crippen LogP contribution is 2.26. The van der Waals surface area contributed by atoms with Gasteiger partial charge in [0, 0.05) is 35.6 Å². The number of rotatable bonds is 3. The summed E-state index contributed by atoms with van der Waals surface area (Å²) in [5.74, 6) is 1.95. The van der Waals surface area contributed by atoms with E-state index in [-0.39, 0.29) is 11.8 Å². The smallest absolute Gasteiger partial charge is 0.251 e. The molecule has 0 unspecified atom stereocenters. The van der Waals surface area contributed by atoms with E-state index in [9.17, 15) is 9.59 Å². The van der Waals surface area contributed by atoms with Gasteiger partial charge in [-0.1, -0.05) is 30.2 Å². The molecule has 0 aliphatic carbocycles. The van der Waals surface area contributed by atoms with E-state index in [1.165, 1.54) is 12.2 Å². The summed E-state index contributed by atoms with van der Waals surface area (Å²) < 4.78 is 0. The minimum absolute atomic E-state index is 0.195. The highest BCUT2D eigenvalue weighted by Gasteiger charge is 2.20. The number of anilines is 2. The first-order valence-corrected chi connectivity index (χ1v) is 8.12. The van der Waals surface area contributed by atoms with Crippen molar-refractivity contribution < 1.29 is 9.59 Å². The van der Waals surface area contributed by atoms with Gasteiger partial charge in [-0.3, -0.25) is 9.59 Å². The van der Waals surface area contributed by atoms with Crippen molar-refractivity contribution in [3.05, 3.63) is 71.8 Å². The Morgan fingerprint density at radius 3 is 2.80 bits per heavy atom. The monoisotopic (exact) mass is 330 g/mol. The van der Waals surface area contributed by atoms with E-state index >= 15 is 0 Å². The van der Waals surface area contributed by atoms with Crippen molar-refractivity contribution in [2.45, 2.75) is 12.8 Å². The maximum absolute atomic E-state index is 12.5. The molecule has 0 aromatic heterocycles. The van der Waals surface area contributed by atoms with Gasteiger partial charge in [0.15, 0.2) is 0 Å². The van der Waals surface area contributed by atoms with E-state index in [0.29, 0.717) is 17.8 Å². The average Bonchev–Trinajstić information content (AvgIpc) is 2.65. The molecule has 4 heteroatoms. The minimum atomic E-state index is -0.368. The van der Waals surface area contributed by atoms with Crippen LogP contribution in [0.15, 0.2) is 60.7 Å². The lowest BCUT2D eigenvalue weighted by Crippen LogP contribution is -2.34. The Hall–Kier alpha value is -3.32. The molecule has 4 nitrogen and oxygen atoms in total. The summed E-state index contributed by atoms with van der Waals surface area (Å²) in [6, 6.07) is 14.9. The van der Waals surface area contributed by atoms with Crippen molar-refractivity contribution in [3.63, 3.8) is 0 Å². The van der Waals surface area contributed by atoms with E-state index in [1.54, 1.807) is 29.2 Å². The second-order valence-corrected chi connectivity index (χ2v) is 5.77. The van der Waals surface area contributed by atoms with Crippen molar-refractivity contribution >= 4 is 23.2 Å². The number of fused-ring (bicyclic) bond motifs is 1. The zero-order chi connectivity index (χ0) is 17.6. The molecule has 25 heavy (non-hydrogen) atoms. The number of hydrogen-bond donors (Lipinski definition) is 1. The van der Waals surface area contributed by atoms with Gasteiger partial charge in [-0.2, -0.15) is 0 Å². The predicted octanol–water partition coefficient (Wildman–Crippen LogP) is 3.14. The maximum atomic E-state index is 12.5. The molecule has 1 aliphatic rings. The van der Waals surface area contributed by atoms with E-state index in [4.69, 9.17) is 6.42 Å². The molecule has 124 valence electrons. The van der Waals surface area contributed by atoms with Crippen LogP contribution in [0.25, 0.3) is 0 Å². The highest BCUT2D eigenvalue weighted by molar-refractivity contribution is 6.08. The first-order chi connectivity index (χ1) is 12.2. The van der Waals surface area contributed by atoms with Gasteiger partial charge in [0.2, 0.25) is 5.91 Å². The molecule has 2 aromatic rings. The van der Waals surface area contributed by atoms with Gasteiger partial charge < -0.3 is 10.2 Å². The largest absolute Gasteiger partial charge is 0.322 e. The molecule has 1 heterocycles. The summed E-state index contributed by atoms with van der Waals surface area (Å²) in [5.41, 5.74) is 3.36. The van der Waals surface area contributed by atoms with Gasteiger partial charge in [-0.15, -0.1) is 6.42 Å². The summed E-state index contributed by atoms with van der Waals surface area (Å²) in [7, 11) is 0. The van der Waals surface area contributed by atoms with Crippen LogP contribution in [-0.2, 0) is 16.0 Å². The van der Waals surface area contributed by atoms with Crippen LogP contribution >= 0.6 is 0 Å². The number of terminal acetylenes is 1. The third-order valence-corrected chi connectivity index (χ3v) is 4.05. The molecule has 2 aromatic carbocycles. The Kier molecular flexibility index (Phi) is 4.96. The number of para-hydroxylation sites is 1. The lowest BCUT2D eigenvalue weighted by molar-refractivity contribution is -0.115. The number of nitrogens with zero attached hydrogens (tertiary/aromatic N) is 1. The zero-order valence-corrected chi connectivity index (χ0v) is 13.7. The summed E-state index contributed by atoms with van der Waals surface area (Å²) in [5, 5.41) is 2.70. The number of carbonyl (C=O) groups excluding carboxylic acids is 2. The second-order valence-electron chi connectivity index (χ2n) is 5.77. The molecular weight excluding hydrogens is 312 g/mol. The van der Waals surface area contributed by atoms with Crippen LogP contribution in [0.3, 0.4) is 0 Å². The quantitative estimate of drug-likeness (QED) is 0.694. The Labute approximate surface area is 147 Å². The van der Waals surface area contributed by atoms with Gasteiger partial charge >= 0.3 is 0 Å². The molecule has 2 amide bonds. The lowest BCUT2D eigenvalue weighted by atomic mass is 10.0. The van der Waals surface area contributed by atoms with Crippen molar-refractivity contribution in [2.24, 2.45) is 0 Å². The fourth-order valence-corrected chi connectivity index (χ4v) is 2.87. The third-order valence-electron chi connectivity index (χ3n) is 4.05. The zero-order valence-electron chi connectivity index (χ0n) is 13.7. The van der Waals surface area contributed by atoms with E-state index in [0.717, 1.165) is 24.1 Å². The van der Waals surface area contributed by atoms with Crippen molar-refractivity contribution in [2.75, 3.05) is 16.8 Å². The van der Waals surface area contributed by atoms with E-state index < -0.39 is 0 Å². The van der Waals surface area contributed by atoms with E-state index in [2.05, 4.69) is 11.2 Å². The third kappa shape index (κ3) is 3.96. The van der Waals surface area contributed by atoms with Gasteiger partial charge in [0.1, 0.15) is 0 Å². The topological polar surface area (TPSA) is 49.4 Å². The maximum Gasteiger partial charge on any atom is 0.251 e. The SMILES string of the molecule is C#Cc1cccc(NC(=O)C=CC(=O)N2CCCc3ccccc32)c1. The Morgan fingerprint density at radius 2 is 1.96 bits per heavy atom. The molecular formula is C21H18N2O2. The minimum Gasteiger partial charge on any atom is -0.322 e. The number of benzene rings is 2. The second kappa shape index (κ2) is 7.50. The molecule has 0 bridgehead atoms. The predicted molar refractivity (Wildman–Crippen MR) is 99.3 cm³/mol. The Morgan fingerprint density at radius 1 is 1.12 bits per heavy atom. The standard InChI is InChI=1S/C21H18N2O2/c1-2-16-7-5-10-18(15-16)22-20(24)12-13-21(25)23-14-6-9-17-8-3-4-11-19(17)23/h1,3-5,7-8,10-13,15H,6,9,14H2,(H,22,24). The van der Waals surface area contributed by atoms with Gasteiger partial charge in [0.25, 0.3) is 5.91 Å². The van der Waals surface area contributed by atoms with Crippen molar-refractivity contribution in [1.29, 1.82) is 0 Å². The number of hydrogen-bond acceptors (Lipinski definition) is 2. The van der Waals surface area contributed by atoms with Crippen LogP contribution in [0, 0.1) is 12.3 Å². The van der Waals surface area contributed by atoms with Crippen LogP contribution in [0.2, 0.25) is 0 Å². The van der Waals surface area contributed by atoms with Crippen LogP contribution in [0.1, 0.15) is 17.5 Å². The molecule has 0 fully saturated rings. The molecule has 0 spiro atoms. The lowest BCUT2D eigenvalue weighted by Gasteiger charge is -2.28. The molecule has 0 saturated carbocycles. The van der Waals surface area contributed by atoms with Crippen LogP contribution < -0.4 is 10.2 Å². The molecule has 0 saturated heterocycles. The number of nitrogens with one attached hydrogen (secondary N) is 1. The summed E-state index contributed by atoms with van der Waals surface area (Å²) in [4.78, 5) is 26.2. The Balaban J connectivity index is 1.67. The van der Waals surface area contributed by atoms with Crippen molar-refractivity contribution in [1.82, 2.24) is 0 Å². The number of carbonyl (C=O) groups is 2. The van der Waals surface area contributed by atoms with Crippen LogP contribution in [0.5, 0.6) is 0 Å². The Bertz CT molecular complexity index is 877. The van der Waals surface area contributed by atoms with Gasteiger partial charge in [0.05, 0.1) is 0 Å². The fraction of sp³-hybridized carbons (Fsp3) is 0.143. The van der Waals surface area contributed by atoms with Gasteiger partial charge in [-0.05, 0) is 42.7 Å². The van der Waals surface area contributed by atoms with Crippen molar-refractivity contribution in [3.8, 4) is 12.3 Å². The van der Waals surface area contributed by atoms with Gasteiger partial charge in [-0.25, -0.2) is 0 Å². The molecule has 3 rings (SSSR count). The molecule has 0 atom stereocenters. The summed E-state index contributed by atoms with van der Waals surface area (Å²) in [6.07, 6.45) is 9.79. The molecule has 1 aliphatic heterocycles. The first kappa shape index (κ1) is 16.5. The normalized spacial score (nSPS) is 13.2. The summed E-state index contributed by atoms with van der Waals surface area (Å²) in [6.45, 7) is 0.659. The average molecular weight is 330 g/mol. The number of amides is 2. The molecule has 0 radical (unpaired) electrons. The fourth-order valence-electron chi connectivity index (χ4n) is 2.87. The first-order valence-electron chi connectivity index (χ1n) is 8.12.